The maximum absolute atomic E-state index is 8.99. The van der Waals surface area contributed by atoms with Crippen molar-refractivity contribution in [2.45, 2.75) is 32.2 Å². The number of aromatic nitrogens is 2. The molecule has 0 radical (unpaired) electrons. The fourth-order valence-corrected chi connectivity index (χ4v) is 2.74. The quantitative estimate of drug-likeness (QED) is 0.877. The van der Waals surface area contributed by atoms with Crippen LogP contribution in [0.5, 0.6) is 0 Å². The Kier molecular flexibility index (Phi) is 2.48. The Morgan fingerprint density at radius 1 is 1.50 bits per heavy atom. The van der Waals surface area contributed by atoms with E-state index in [1.165, 1.54) is 19.3 Å². The molecule has 0 aliphatic heterocycles. The number of benzene rings is 1. The Labute approximate surface area is 106 Å². The van der Waals surface area contributed by atoms with Crippen LogP contribution in [-0.4, -0.2) is 9.55 Å². The summed E-state index contributed by atoms with van der Waals surface area (Å²) in [6.45, 7) is 2.19. The summed E-state index contributed by atoms with van der Waals surface area (Å²) in [5.41, 5.74) is 8.54. The number of rotatable bonds is 2. The van der Waals surface area contributed by atoms with E-state index in [0.29, 0.717) is 23.5 Å². The highest BCUT2D eigenvalue weighted by Gasteiger charge is 2.27. The number of fused-ring (bicyclic) bond motifs is 1. The molecule has 0 spiro atoms. The molecule has 1 aliphatic rings. The monoisotopic (exact) mass is 240 g/mol. The molecule has 2 aromatic rings. The Hall–Kier alpha value is -2.02. The molecule has 1 saturated carbocycles. The molecule has 3 rings (SSSR count). The van der Waals surface area contributed by atoms with Crippen molar-refractivity contribution in [2.24, 2.45) is 5.92 Å². The van der Waals surface area contributed by atoms with Gasteiger partial charge in [-0.05, 0) is 43.9 Å². The van der Waals surface area contributed by atoms with Gasteiger partial charge in [-0.15, -0.1) is 0 Å². The first kappa shape index (κ1) is 11.1. The summed E-state index contributed by atoms with van der Waals surface area (Å²) >= 11 is 0. The van der Waals surface area contributed by atoms with E-state index in [4.69, 9.17) is 11.0 Å². The van der Waals surface area contributed by atoms with Crippen LogP contribution in [0.2, 0.25) is 0 Å². The Bertz CT molecular complexity index is 631. The molecule has 1 heterocycles. The highest BCUT2D eigenvalue weighted by atomic mass is 15.2. The van der Waals surface area contributed by atoms with Gasteiger partial charge in [-0.3, -0.25) is 0 Å². The average molecular weight is 240 g/mol. The summed E-state index contributed by atoms with van der Waals surface area (Å²) in [6, 6.07) is 8.07. The van der Waals surface area contributed by atoms with Gasteiger partial charge in [0.05, 0.1) is 22.7 Å². The van der Waals surface area contributed by atoms with E-state index in [9.17, 15) is 0 Å². The molecule has 0 saturated heterocycles. The largest absolute Gasteiger partial charge is 0.369 e. The van der Waals surface area contributed by atoms with Crippen LogP contribution in [0.1, 0.15) is 37.8 Å². The first-order valence-corrected chi connectivity index (χ1v) is 6.38. The lowest BCUT2D eigenvalue weighted by Gasteiger charge is -2.33. The van der Waals surface area contributed by atoms with E-state index in [0.717, 1.165) is 11.0 Å². The SMILES string of the molecule is CC(C1CCC1)n1c(N)nc2ccc(C#N)cc21. The van der Waals surface area contributed by atoms with Gasteiger partial charge < -0.3 is 10.3 Å². The molecule has 4 nitrogen and oxygen atoms in total. The molecule has 1 unspecified atom stereocenters. The number of anilines is 1. The van der Waals surface area contributed by atoms with Gasteiger partial charge in [0.15, 0.2) is 0 Å². The van der Waals surface area contributed by atoms with Crippen LogP contribution in [0.25, 0.3) is 11.0 Å². The van der Waals surface area contributed by atoms with Crippen LogP contribution in [0, 0.1) is 17.2 Å². The maximum Gasteiger partial charge on any atom is 0.201 e. The molecule has 1 fully saturated rings. The van der Waals surface area contributed by atoms with Crippen molar-refractivity contribution in [2.75, 3.05) is 5.73 Å². The molecule has 1 aliphatic carbocycles. The molecule has 2 N–H and O–H groups in total. The summed E-state index contributed by atoms with van der Waals surface area (Å²) in [5, 5.41) is 8.99. The molecule has 18 heavy (non-hydrogen) atoms. The van der Waals surface area contributed by atoms with E-state index >= 15 is 0 Å². The number of nitriles is 1. The van der Waals surface area contributed by atoms with Crippen LogP contribution in [0.3, 0.4) is 0 Å². The highest BCUT2D eigenvalue weighted by Crippen LogP contribution is 2.38. The third kappa shape index (κ3) is 1.55. The third-order valence-corrected chi connectivity index (χ3v) is 4.09. The third-order valence-electron chi connectivity index (χ3n) is 4.09. The van der Waals surface area contributed by atoms with E-state index in [1.54, 1.807) is 6.07 Å². The van der Waals surface area contributed by atoms with Crippen molar-refractivity contribution >= 4 is 17.0 Å². The predicted octanol–water partition coefficient (Wildman–Crippen LogP) is 2.85. The van der Waals surface area contributed by atoms with Gasteiger partial charge in [0.25, 0.3) is 0 Å². The van der Waals surface area contributed by atoms with Crippen LogP contribution >= 0.6 is 0 Å². The van der Waals surface area contributed by atoms with Gasteiger partial charge in [-0.2, -0.15) is 5.26 Å². The van der Waals surface area contributed by atoms with Crippen LogP contribution in [-0.2, 0) is 0 Å². The molecular formula is C14H16N4. The number of hydrogen-bond acceptors (Lipinski definition) is 3. The Morgan fingerprint density at radius 2 is 2.28 bits per heavy atom. The zero-order valence-corrected chi connectivity index (χ0v) is 10.4. The van der Waals surface area contributed by atoms with Crippen molar-refractivity contribution in [1.29, 1.82) is 5.26 Å². The predicted molar refractivity (Wildman–Crippen MR) is 70.9 cm³/mol. The fourth-order valence-electron chi connectivity index (χ4n) is 2.74. The number of nitrogens with zero attached hydrogens (tertiary/aromatic N) is 3. The molecule has 92 valence electrons. The second kappa shape index (κ2) is 4.02. The number of nitrogens with two attached hydrogens (primary N) is 1. The second-order valence-electron chi connectivity index (χ2n) is 5.09. The van der Waals surface area contributed by atoms with Crippen LogP contribution in [0.15, 0.2) is 18.2 Å². The molecule has 0 bridgehead atoms. The molecule has 1 aromatic carbocycles. The average Bonchev–Trinajstić information content (AvgIpc) is 2.61. The van der Waals surface area contributed by atoms with Gasteiger partial charge in [0.1, 0.15) is 0 Å². The Morgan fingerprint density at radius 3 is 2.89 bits per heavy atom. The minimum Gasteiger partial charge on any atom is -0.369 e. The fraction of sp³-hybridized carbons (Fsp3) is 0.429. The van der Waals surface area contributed by atoms with Crippen molar-refractivity contribution in [3.05, 3.63) is 23.8 Å². The first-order valence-electron chi connectivity index (χ1n) is 6.38. The number of hydrogen-bond donors (Lipinski definition) is 1. The molecule has 4 heteroatoms. The standard InChI is InChI=1S/C14H16N4/c1-9(11-3-2-4-11)18-13-7-10(8-15)5-6-12(13)17-14(18)16/h5-7,9,11H,2-4H2,1H3,(H2,16,17). The van der Waals surface area contributed by atoms with E-state index in [1.807, 2.05) is 12.1 Å². The van der Waals surface area contributed by atoms with Crippen LogP contribution in [0.4, 0.5) is 5.95 Å². The highest BCUT2D eigenvalue weighted by molar-refractivity contribution is 5.80. The maximum atomic E-state index is 8.99. The van der Waals surface area contributed by atoms with E-state index in [2.05, 4.69) is 22.5 Å². The lowest BCUT2D eigenvalue weighted by Crippen LogP contribution is -2.23. The van der Waals surface area contributed by atoms with Gasteiger partial charge in [-0.1, -0.05) is 6.42 Å². The minimum atomic E-state index is 0.359. The van der Waals surface area contributed by atoms with Gasteiger partial charge in [-0.25, -0.2) is 4.98 Å². The van der Waals surface area contributed by atoms with Crippen molar-refractivity contribution < 1.29 is 0 Å². The number of imidazole rings is 1. The van der Waals surface area contributed by atoms with E-state index < -0.39 is 0 Å². The molecule has 0 amide bonds. The second-order valence-corrected chi connectivity index (χ2v) is 5.09. The van der Waals surface area contributed by atoms with E-state index in [-0.39, 0.29) is 0 Å². The lowest BCUT2D eigenvalue weighted by molar-refractivity contribution is 0.227. The summed E-state index contributed by atoms with van der Waals surface area (Å²) in [5.74, 6) is 1.25. The molecular weight excluding hydrogens is 224 g/mol. The first-order chi connectivity index (χ1) is 8.70. The van der Waals surface area contributed by atoms with Crippen molar-refractivity contribution in [1.82, 2.24) is 9.55 Å². The van der Waals surface area contributed by atoms with Gasteiger partial charge in [0.2, 0.25) is 5.95 Å². The molecule has 1 atom stereocenters. The van der Waals surface area contributed by atoms with Gasteiger partial charge in [0, 0.05) is 6.04 Å². The van der Waals surface area contributed by atoms with Crippen LogP contribution < -0.4 is 5.73 Å². The normalized spacial score (nSPS) is 17.3. The van der Waals surface area contributed by atoms with Crippen molar-refractivity contribution in [3.8, 4) is 6.07 Å². The lowest BCUT2D eigenvalue weighted by atomic mass is 9.80. The topological polar surface area (TPSA) is 67.6 Å². The molecule has 1 aromatic heterocycles. The summed E-state index contributed by atoms with van der Waals surface area (Å²) in [7, 11) is 0. The minimum absolute atomic E-state index is 0.359. The van der Waals surface area contributed by atoms with Gasteiger partial charge >= 0.3 is 0 Å². The smallest absolute Gasteiger partial charge is 0.201 e. The summed E-state index contributed by atoms with van der Waals surface area (Å²) in [4.78, 5) is 4.38. The zero-order chi connectivity index (χ0) is 12.7. The summed E-state index contributed by atoms with van der Waals surface area (Å²) < 4.78 is 2.08. The van der Waals surface area contributed by atoms with Crippen molar-refractivity contribution in [3.63, 3.8) is 0 Å². The number of nitrogen functional groups attached to an aromatic ring is 1. The summed E-state index contributed by atoms with van der Waals surface area (Å²) in [6.07, 6.45) is 3.83. The zero-order valence-electron chi connectivity index (χ0n) is 10.4. The Balaban J connectivity index is 2.14.